The van der Waals surface area contributed by atoms with E-state index >= 15 is 0 Å². The highest BCUT2D eigenvalue weighted by Crippen LogP contribution is 2.19. The van der Waals surface area contributed by atoms with E-state index in [1.807, 2.05) is 12.1 Å². The smallest absolute Gasteiger partial charge is 0.242 e. The van der Waals surface area contributed by atoms with Crippen molar-refractivity contribution in [3.63, 3.8) is 0 Å². The molecule has 1 atom stereocenters. The van der Waals surface area contributed by atoms with Crippen molar-refractivity contribution in [1.29, 1.82) is 0 Å². The van der Waals surface area contributed by atoms with Crippen LogP contribution in [-0.4, -0.2) is 32.9 Å². The maximum Gasteiger partial charge on any atom is 0.242 e. The second-order valence-corrected chi connectivity index (χ2v) is 7.41. The van der Waals surface area contributed by atoms with Gasteiger partial charge in [-0.25, -0.2) is 12.7 Å². The Morgan fingerprint density at radius 1 is 1.10 bits per heavy atom. The summed E-state index contributed by atoms with van der Waals surface area (Å²) in [6.45, 7) is 6.44. The van der Waals surface area contributed by atoms with Gasteiger partial charge in [-0.1, -0.05) is 26.0 Å². The van der Waals surface area contributed by atoms with Gasteiger partial charge in [0, 0.05) is 26.2 Å². The number of rotatable bonds is 7. The van der Waals surface area contributed by atoms with E-state index in [-0.39, 0.29) is 6.04 Å². The summed E-state index contributed by atoms with van der Waals surface area (Å²) in [4.78, 5) is 0.334. The standard InChI is InChI=1S/C15H26N2O2S/c1-6-14(7-2)16-12(3)13-8-10-15(11-9-13)20(18,19)17(4)5/h8-12,14,16H,6-7H2,1-5H3. The number of benzene rings is 1. The summed E-state index contributed by atoms with van der Waals surface area (Å²) in [5.74, 6) is 0. The molecule has 0 fully saturated rings. The zero-order valence-corrected chi connectivity index (χ0v) is 13.9. The first-order valence-electron chi connectivity index (χ1n) is 7.11. The first-order valence-corrected chi connectivity index (χ1v) is 8.55. The number of nitrogens with zero attached hydrogens (tertiary/aromatic N) is 1. The highest BCUT2D eigenvalue weighted by molar-refractivity contribution is 7.89. The fourth-order valence-corrected chi connectivity index (χ4v) is 3.02. The molecule has 1 aromatic rings. The highest BCUT2D eigenvalue weighted by Gasteiger charge is 2.17. The van der Waals surface area contributed by atoms with Gasteiger partial charge < -0.3 is 5.32 Å². The van der Waals surface area contributed by atoms with Crippen LogP contribution in [0.4, 0.5) is 0 Å². The third-order valence-electron chi connectivity index (χ3n) is 3.63. The zero-order valence-electron chi connectivity index (χ0n) is 13.1. The van der Waals surface area contributed by atoms with Gasteiger partial charge in [0.1, 0.15) is 0 Å². The SMILES string of the molecule is CCC(CC)NC(C)c1ccc(S(=O)(=O)N(C)C)cc1. The summed E-state index contributed by atoms with van der Waals surface area (Å²) < 4.78 is 25.2. The van der Waals surface area contributed by atoms with Crippen LogP contribution in [0.5, 0.6) is 0 Å². The maximum atomic E-state index is 12.0. The summed E-state index contributed by atoms with van der Waals surface area (Å²) in [5.41, 5.74) is 1.11. The van der Waals surface area contributed by atoms with Gasteiger partial charge in [0.2, 0.25) is 10.0 Å². The van der Waals surface area contributed by atoms with Gasteiger partial charge in [-0.05, 0) is 37.5 Å². The van der Waals surface area contributed by atoms with Gasteiger partial charge in [-0.3, -0.25) is 0 Å². The number of hydrogen-bond acceptors (Lipinski definition) is 3. The molecule has 5 heteroatoms. The Hall–Kier alpha value is -0.910. The molecule has 0 saturated heterocycles. The molecular weight excluding hydrogens is 272 g/mol. The molecule has 0 saturated carbocycles. The van der Waals surface area contributed by atoms with Gasteiger partial charge in [0.25, 0.3) is 0 Å². The lowest BCUT2D eigenvalue weighted by Crippen LogP contribution is -2.30. The van der Waals surface area contributed by atoms with E-state index in [0.29, 0.717) is 10.9 Å². The monoisotopic (exact) mass is 298 g/mol. The van der Waals surface area contributed by atoms with Crippen molar-refractivity contribution >= 4 is 10.0 Å². The van der Waals surface area contributed by atoms with Crippen molar-refractivity contribution in [2.75, 3.05) is 14.1 Å². The number of nitrogens with one attached hydrogen (secondary N) is 1. The first kappa shape index (κ1) is 17.1. The molecule has 0 amide bonds. The maximum absolute atomic E-state index is 12.0. The van der Waals surface area contributed by atoms with E-state index in [2.05, 4.69) is 26.1 Å². The van der Waals surface area contributed by atoms with Gasteiger partial charge in [-0.2, -0.15) is 0 Å². The summed E-state index contributed by atoms with van der Waals surface area (Å²) >= 11 is 0. The lowest BCUT2D eigenvalue weighted by Gasteiger charge is -2.21. The number of hydrogen-bond donors (Lipinski definition) is 1. The van der Waals surface area contributed by atoms with E-state index in [4.69, 9.17) is 0 Å². The van der Waals surface area contributed by atoms with Crippen LogP contribution in [0, 0.1) is 0 Å². The molecule has 0 heterocycles. The fraction of sp³-hybridized carbons (Fsp3) is 0.600. The molecule has 0 aliphatic carbocycles. The van der Waals surface area contributed by atoms with Gasteiger partial charge >= 0.3 is 0 Å². The molecule has 1 N–H and O–H groups in total. The van der Waals surface area contributed by atoms with E-state index in [9.17, 15) is 8.42 Å². The molecule has 20 heavy (non-hydrogen) atoms. The minimum Gasteiger partial charge on any atom is -0.307 e. The second kappa shape index (κ2) is 7.20. The van der Waals surface area contributed by atoms with Crippen LogP contribution in [0.1, 0.15) is 45.2 Å². The largest absolute Gasteiger partial charge is 0.307 e. The van der Waals surface area contributed by atoms with Crippen molar-refractivity contribution in [1.82, 2.24) is 9.62 Å². The molecule has 1 unspecified atom stereocenters. The molecular formula is C15H26N2O2S. The Kier molecular flexibility index (Phi) is 6.17. The van der Waals surface area contributed by atoms with Crippen molar-refractivity contribution in [2.45, 2.75) is 50.6 Å². The van der Waals surface area contributed by atoms with Crippen molar-refractivity contribution in [2.24, 2.45) is 0 Å². The Bertz CT molecular complexity index is 505. The summed E-state index contributed by atoms with van der Waals surface area (Å²) in [5, 5.41) is 3.55. The fourth-order valence-electron chi connectivity index (χ4n) is 2.11. The average Bonchev–Trinajstić information content (AvgIpc) is 2.44. The molecule has 1 rings (SSSR count). The normalized spacial score (nSPS) is 13.9. The van der Waals surface area contributed by atoms with Crippen LogP contribution in [0.15, 0.2) is 29.2 Å². The summed E-state index contributed by atoms with van der Waals surface area (Å²) in [6, 6.07) is 7.84. The van der Waals surface area contributed by atoms with E-state index in [1.165, 1.54) is 4.31 Å². The number of sulfonamides is 1. The Labute approximate surface area is 123 Å². The molecule has 114 valence electrons. The molecule has 0 aromatic heterocycles. The second-order valence-electron chi connectivity index (χ2n) is 5.26. The minimum atomic E-state index is -3.34. The average molecular weight is 298 g/mol. The third kappa shape index (κ3) is 4.04. The minimum absolute atomic E-state index is 0.219. The third-order valence-corrected chi connectivity index (χ3v) is 5.46. The molecule has 0 bridgehead atoms. The van der Waals surface area contributed by atoms with Crippen LogP contribution in [0.2, 0.25) is 0 Å². The Morgan fingerprint density at radius 2 is 1.60 bits per heavy atom. The van der Waals surface area contributed by atoms with Crippen LogP contribution >= 0.6 is 0 Å². The van der Waals surface area contributed by atoms with Gasteiger partial charge in [0.15, 0.2) is 0 Å². The predicted octanol–water partition coefficient (Wildman–Crippen LogP) is 2.78. The van der Waals surface area contributed by atoms with E-state index in [1.54, 1.807) is 26.2 Å². The summed E-state index contributed by atoms with van der Waals surface area (Å²) in [7, 11) is -0.254. The molecule has 0 aliphatic rings. The van der Waals surface area contributed by atoms with Crippen LogP contribution in [-0.2, 0) is 10.0 Å². The summed E-state index contributed by atoms with van der Waals surface area (Å²) in [6.07, 6.45) is 2.18. The highest BCUT2D eigenvalue weighted by atomic mass is 32.2. The topological polar surface area (TPSA) is 49.4 Å². The van der Waals surface area contributed by atoms with Crippen LogP contribution < -0.4 is 5.32 Å². The Morgan fingerprint density at radius 3 is 2.00 bits per heavy atom. The van der Waals surface area contributed by atoms with Gasteiger partial charge in [0.05, 0.1) is 4.90 Å². The van der Waals surface area contributed by atoms with Crippen molar-refractivity contribution in [3.8, 4) is 0 Å². The Balaban J connectivity index is 2.86. The van der Waals surface area contributed by atoms with Gasteiger partial charge in [-0.15, -0.1) is 0 Å². The lowest BCUT2D eigenvalue weighted by atomic mass is 10.1. The van der Waals surface area contributed by atoms with Crippen LogP contribution in [0.25, 0.3) is 0 Å². The van der Waals surface area contributed by atoms with Crippen molar-refractivity contribution in [3.05, 3.63) is 29.8 Å². The molecule has 1 aromatic carbocycles. The molecule has 4 nitrogen and oxygen atoms in total. The van der Waals surface area contributed by atoms with E-state index < -0.39 is 10.0 Å². The molecule has 0 radical (unpaired) electrons. The first-order chi connectivity index (χ1) is 9.32. The van der Waals surface area contributed by atoms with E-state index in [0.717, 1.165) is 18.4 Å². The van der Waals surface area contributed by atoms with Crippen molar-refractivity contribution < 1.29 is 8.42 Å². The molecule has 0 spiro atoms. The predicted molar refractivity (Wildman–Crippen MR) is 83.2 cm³/mol. The zero-order chi connectivity index (χ0) is 15.3. The van der Waals surface area contributed by atoms with Crippen LogP contribution in [0.3, 0.4) is 0 Å². The molecule has 0 aliphatic heterocycles. The lowest BCUT2D eigenvalue weighted by molar-refractivity contribution is 0.432. The quantitative estimate of drug-likeness (QED) is 0.842.